The van der Waals surface area contributed by atoms with Gasteiger partial charge in [0.25, 0.3) is 0 Å². The lowest BCUT2D eigenvalue weighted by Crippen LogP contribution is -2.34. The molecule has 2 aromatic rings. The fraction of sp³-hybridized carbons (Fsp3) is 0.200. The first kappa shape index (κ1) is 17.6. The van der Waals surface area contributed by atoms with Gasteiger partial charge in [0.15, 0.2) is 11.4 Å². The standard InChI is InChI=1S/C20H20O4/c1-14(2)19(22)24-17-12-10-16(11-13-17)20(3,23-4)18(21)15-8-6-5-7-9-15/h5-13H,1H2,2-4H3. The number of rotatable bonds is 6. The lowest BCUT2D eigenvalue weighted by molar-refractivity contribution is -0.130. The lowest BCUT2D eigenvalue weighted by Gasteiger charge is -2.27. The molecule has 0 fully saturated rings. The first-order valence-electron chi connectivity index (χ1n) is 7.51. The van der Waals surface area contributed by atoms with Crippen molar-refractivity contribution in [1.82, 2.24) is 0 Å². The second-order valence-corrected chi connectivity index (χ2v) is 5.63. The van der Waals surface area contributed by atoms with Gasteiger partial charge in [-0.05, 0) is 31.5 Å². The zero-order valence-corrected chi connectivity index (χ0v) is 14.0. The van der Waals surface area contributed by atoms with Crippen LogP contribution in [0.1, 0.15) is 29.8 Å². The van der Waals surface area contributed by atoms with Crippen LogP contribution in [0.2, 0.25) is 0 Å². The molecule has 4 heteroatoms. The molecule has 0 saturated carbocycles. The third-order valence-electron chi connectivity index (χ3n) is 3.84. The zero-order valence-electron chi connectivity index (χ0n) is 14.0. The van der Waals surface area contributed by atoms with Crippen LogP contribution in [-0.2, 0) is 15.1 Å². The Balaban J connectivity index is 2.28. The summed E-state index contributed by atoms with van der Waals surface area (Å²) in [5.41, 5.74) is 0.437. The zero-order chi connectivity index (χ0) is 17.7. The number of esters is 1. The fourth-order valence-electron chi connectivity index (χ4n) is 2.24. The molecule has 0 aliphatic heterocycles. The average Bonchev–Trinajstić information content (AvgIpc) is 2.61. The summed E-state index contributed by atoms with van der Waals surface area (Å²) in [7, 11) is 1.50. The highest BCUT2D eigenvalue weighted by molar-refractivity contribution is 6.02. The monoisotopic (exact) mass is 324 g/mol. The van der Waals surface area contributed by atoms with Crippen molar-refractivity contribution in [2.75, 3.05) is 7.11 Å². The normalized spacial score (nSPS) is 13.0. The quantitative estimate of drug-likeness (QED) is 0.350. The molecule has 124 valence electrons. The molecule has 2 rings (SSSR count). The van der Waals surface area contributed by atoms with Gasteiger partial charge in [-0.3, -0.25) is 4.79 Å². The van der Waals surface area contributed by atoms with Crippen LogP contribution in [0, 0.1) is 0 Å². The Morgan fingerprint density at radius 3 is 2.08 bits per heavy atom. The molecule has 0 amide bonds. The second-order valence-electron chi connectivity index (χ2n) is 5.63. The van der Waals surface area contributed by atoms with E-state index < -0.39 is 11.6 Å². The van der Waals surface area contributed by atoms with Gasteiger partial charge in [-0.15, -0.1) is 0 Å². The van der Waals surface area contributed by atoms with Gasteiger partial charge in [0.05, 0.1) is 0 Å². The smallest absolute Gasteiger partial charge is 0.338 e. The molecule has 4 nitrogen and oxygen atoms in total. The summed E-state index contributed by atoms with van der Waals surface area (Å²) in [6.45, 7) is 6.84. The third-order valence-corrected chi connectivity index (χ3v) is 3.84. The number of benzene rings is 2. The molecule has 0 heterocycles. The topological polar surface area (TPSA) is 52.6 Å². The number of ketones is 1. The number of carbonyl (C=O) groups is 2. The predicted octanol–water partition coefficient (Wildman–Crippen LogP) is 3.91. The van der Waals surface area contributed by atoms with Gasteiger partial charge in [0.2, 0.25) is 0 Å². The highest BCUT2D eigenvalue weighted by atomic mass is 16.5. The highest BCUT2D eigenvalue weighted by Crippen LogP contribution is 2.30. The Kier molecular flexibility index (Phi) is 5.31. The summed E-state index contributed by atoms with van der Waals surface area (Å²) in [6.07, 6.45) is 0. The van der Waals surface area contributed by atoms with Crippen molar-refractivity contribution < 1.29 is 19.1 Å². The van der Waals surface area contributed by atoms with Crippen LogP contribution in [0.25, 0.3) is 0 Å². The van der Waals surface area contributed by atoms with Crippen molar-refractivity contribution in [2.24, 2.45) is 0 Å². The molecular weight excluding hydrogens is 304 g/mol. The Labute approximate surface area is 141 Å². The van der Waals surface area contributed by atoms with E-state index in [0.29, 0.717) is 22.4 Å². The number of hydrogen-bond donors (Lipinski definition) is 0. The molecule has 0 radical (unpaired) electrons. The summed E-state index contributed by atoms with van der Waals surface area (Å²) in [6, 6.07) is 15.7. The van der Waals surface area contributed by atoms with Crippen LogP contribution >= 0.6 is 0 Å². The summed E-state index contributed by atoms with van der Waals surface area (Å²) in [5, 5.41) is 0. The maximum absolute atomic E-state index is 12.8. The van der Waals surface area contributed by atoms with Crippen molar-refractivity contribution in [3.63, 3.8) is 0 Å². The molecule has 0 aliphatic rings. The molecule has 0 aromatic heterocycles. The van der Waals surface area contributed by atoms with E-state index in [0.717, 1.165) is 0 Å². The van der Waals surface area contributed by atoms with Gasteiger partial charge >= 0.3 is 5.97 Å². The van der Waals surface area contributed by atoms with Crippen LogP contribution in [-0.4, -0.2) is 18.9 Å². The van der Waals surface area contributed by atoms with Crippen LogP contribution < -0.4 is 4.74 Å². The maximum atomic E-state index is 12.8. The lowest BCUT2D eigenvalue weighted by atomic mass is 9.87. The van der Waals surface area contributed by atoms with Gasteiger partial charge in [-0.2, -0.15) is 0 Å². The van der Waals surface area contributed by atoms with Crippen LogP contribution in [0.5, 0.6) is 5.75 Å². The minimum atomic E-state index is -1.13. The van der Waals surface area contributed by atoms with E-state index in [2.05, 4.69) is 6.58 Å². The molecule has 1 atom stereocenters. The van der Waals surface area contributed by atoms with E-state index in [1.807, 2.05) is 18.2 Å². The van der Waals surface area contributed by atoms with E-state index in [-0.39, 0.29) is 5.78 Å². The number of ether oxygens (including phenoxy) is 2. The minimum Gasteiger partial charge on any atom is -0.423 e. The average molecular weight is 324 g/mol. The Morgan fingerprint density at radius 2 is 1.58 bits per heavy atom. The first-order valence-corrected chi connectivity index (χ1v) is 7.51. The highest BCUT2D eigenvalue weighted by Gasteiger charge is 2.35. The number of hydrogen-bond acceptors (Lipinski definition) is 4. The first-order chi connectivity index (χ1) is 11.4. The van der Waals surface area contributed by atoms with Gasteiger partial charge in [-0.1, -0.05) is 49.0 Å². The van der Waals surface area contributed by atoms with E-state index in [1.54, 1.807) is 50.2 Å². The van der Waals surface area contributed by atoms with Gasteiger partial charge in [0.1, 0.15) is 5.75 Å². The molecule has 0 bridgehead atoms. The third kappa shape index (κ3) is 3.60. The second kappa shape index (κ2) is 7.23. The molecule has 2 aromatic carbocycles. The van der Waals surface area contributed by atoms with Crippen molar-refractivity contribution in [3.05, 3.63) is 77.9 Å². The molecule has 1 unspecified atom stereocenters. The summed E-state index contributed by atoms with van der Waals surface area (Å²) in [4.78, 5) is 24.4. The maximum Gasteiger partial charge on any atom is 0.338 e. The van der Waals surface area contributed by atoms with Gasteiger partial charge < -0.3 is 9.47 Å². The van der Waals surface area contributed by atoms with Crippen molar-refractivity contribution in [2.45, 2.75) is 19.4 Å². The largest absolute Gasteiger partial charge is 0.423 e. The molecule has 0 aliphatic carbocycles. The van der Waals surface area contributed by atoms with Crippen LogP contribution in [0.4, 0.5) is 0 Å². The Hall–Kier alpha value is -2.72. The number of carbonyl (C=O) groups excluding carboxylic acids is 2. The van der Waals surface area contributed by atoms with Gasteiger partial charge in [-0.25, -0.2) is 4.79 Å². The minimum absolute atomic E-state index is 0.141. The van der Waals surface area contributed by atoms with E-state index in [9.17, 15) is 9.59 Å². The molecule has 0 saturated heterocycles. The van der Waals surface area contributed by atoms with Crippen LogP contribution in [0.15, 0.2) is 66.7 Å². The van der Waals surface area contributed by atoms with Crippen LogP contribution in [0.3, 0.4) is 0 Å². The van der Waals surface area contributed by atoms with E-state index >= 15 is 0 Å². The number of Topliss-reactive ketones (excluding diaryl/α,β-unsaturated/α-hetero) is 1. The summed E-state index contributed by atoms with van der Waals surface area (Å²) < 4.78 is 10.7. The fourth-order valence-corrected chi connectivity index (χ4v) is 2.24. The van der Waals surface area contributed by atoms with Crippen molar-refractivity contribution >= 4 is 11.8 Å². The van der Waals surface area contributed by atoms with Crippen molar-refractivity contribution in [1.29, 1.82) is 0 Å². The van der Waals surface area contributed by atoms with Gasteiger partial charge in [0, 0.05) is 18.2 Å². The summed E-state index contributed by atoms with van der Waals surface area (Å²) in [5.74, 6) is -0.243. The predicted molar refractivity (Wildman–Crippen MR) is 92.0 cm³/mol. The van der Waals surface area contributed by atoms with E-state index in [4.69, 9.17) is 9.47 Å². The summed E-state index contributed by atoms with van der Waals surface area (Å²) >= 11 is 0. The Morgan fingerprint density at radius 1 is 1.00 bits per heavy atom. The molecule has 0 N–H and O–H groups in total. The number of methoxy groups -OCH3 is 1. The van der Waals surface area contributed by atoms with Crippen molar-refractivity contribution in [3.8, 4) is 5.75 Å². The van der Waals surface area contributed by atoms with E-state index in [1.165, 1.54) is 7.11 Å². The molecule has 0 spiro atoms. The molecular formula is C20H20O4. The Bertz CT molecular complexity index is 747. The molecule has 24 heavy (non-hydrogen) atoms. The SMILES string of the molecule is C=C(C)C(=O)Oc1ccc(C(C)(OC)C(=O)c2ccccc2)cc1.